The minimum absolute atomic E-state index is 0.326. The monoisotopic (exact) mass is 490 g/mol. The van der Waals surface area contributed by atoms with Gasteiger partial charge in [-0.15, -0.1) is 0 Å². The average molecular weight is 492 g/mol. The van der Waals surface area contributed by atoms with Crippen LogP contribution in [0.3, 0.4) is 0 Å². The molecule has 1 aromatic heterocycles. The van der Waals surface area contributed by atoms with Gasteiger partial charge in [0.2, 0.25) is 6.10 Å². The molecule has 9 heteroatoms. The molecule has 0 fully saturated rings. The molecule has 6 nitrogen and oxygen atoms in total. The maximum atomic E-state index is 13.2. The molecule has 1 aliphatic heterocycles. The van der Waals surface area contributed by atoms with E-state index in [1.165, 1.54) is 12.1 Å². The van der Waals surface area contributed by atoms with Gasteiger partial charge in [-0.05, 0) is 36.8 Å². The highest BCUT2D eigenvalue weighted by molar-refractivity contribution is 9.10. The van der Waals surface area contributed by atoms with Crippen molar-refractivity contribution >= 4 is 45.0 Å². The van der Waals surface area contributed by atoms with Gasteiger partial charge in [-0.1, -0.05) is 50.9 Å². The second-order valence-corrected chi connectivity index (χ2v) is 8.22. The molecule has 1 atom stereocenters. The van der Waals surface area contributed by atoms with Gasteiger partial charge in [0.15, 0.2) is 5.82 Å². The quantitative estimate of drug-likeness (QED) is 0.550. The highest BCUT2D eigenvalue weighted by Gasteiger charge is 2.29. The van der Waals surface area contributed by atoms with Crippen LogP contribution in [0.1, 0.15) is 23.2 Å². The number of rotatable bonds is 5. The fourth-order valence-electron chi connectivity index (χ4n) is 3.11. The van der Waals surface area contributed by atoms with Gasteiger partial charge >= 0.3 is 0 Å². The summed E-state index contributed by atoms with van der Waals surface area (Å²) in [7, 11) is 0. The van der Waals surface area contributed by atoms with Gasteiger partial charge in [0.25, 0.3) is 5.91 Å². The van der Waals surface area contributed by atoms with Gasteiger partial charge in [-0.25, -0.2) is 4.39 Å². The Balaban J connectivity index is 1.40. The molecule has 2 aromatic carbocycles. The van der Waals surface area contributed by atoms with E-state index in [1.807, 2.05) is 31.2 Å². The molecule has 2 heterocycles. The van der Waals surface area contributed by atoms with E-state index in [1.54, 1.807) is 16.8 Å². The molecule has 1 N–H and O–H groups in total. The Kier molecular flexibility index (Phi) is 5.87. The maximum absolute atomic E-state index is 13.2. The van der Waals surface area contributed by atoms with Crippen molar-refractivity contribution < 1.29 is 14.0 Å². The van der Waals surface area contributed by atoms with Crippen LogP contribution >= 0.6 is 27.5 Å². The van der Waals surface area contributed by atoms with Gasteiger partial charge in [-0.2, -0.15) is 5.10 Å². The first kappa shape index (κ1) is 20.6. The molecule has 30 heavy (non-hydrogen) atoms. The standard InChI is InChI=1S/C21H17BrClFN4O2/c1-12-7-20(26-28(12)11-14-5-6-16(24)9-17(14)23)25-21(29)19-10-18(27-30-19)13-3-2-4-15(22)8-13/h2-9,19H,10-11H2,1H3,(H,25,26,29). The van der Waals surface area contributed by atoms with Crippen molar-refractivity contribution in [3.8, 4) is 0 Å². The number of aromatic nitrogens is 2. The van der Waals surface area contributed by atoms with E-state index in [2.05, 4.69) is 31.5 Å². The Labute approximate surface area is 185 Å². The second kappa shape index (κ2) is 8.57. The number of nitrogens with one attached hydrogen (secondary N) is 1. The summed E-state index contributed by atoms with van der Waals surface area (Å²) in [6.45, 7) is 2.22. The molecule has 1 amide bonds. The zero-order chi connectivity index (χ0) is 21.3. The zero-order valence-electron chi connectivity index (χ0n) is 15.9. The lowest BCUT2D eigenvalue weighted by Gasteiger charge is -2.08. The van der Waals surface area contributed by atoms with Crippen molar-refractivity contribution in [1.82, 2.24) is 9.78 Å². The van der Waals surface area contributed by atoms with E-state index < -0.39 is 11.9 Å². The van der Waals surface area contributed by atoms with Crippen molar-refractivity contribution in [2.45, 2.75) is 26.0 Å². The van der Waals surface area contributed by atoms with Crippen LogP contribution in [0, 0.1) is 12.7 Å². The molecule has 0 spiro atoms. The van der Waals surface area contributed by atoms with Gasteiger partial charge in [-0.3, -0.25) is 9.48 Å². The van der Waals surface area contributed by atoms with Crippen LogP contribution in [0.25, 0.3) is 0 Å². The number of hydrogen-bond acceptors (Lipinski definition) is 4. The Morgan fingerprint density at radius 1 is 1.33 bits per heavy atom. The van der Waals surface area contributed by atoms with Gasteiger partial charge < -0.3 is 10.2 Å². The number of amides is 1. The number of aryl methyl sites for hydroxylation is 1. The second-order valence-electron chi connectivity index (χ2n) is 6.90. The lowest BCUT2D eigenvalue weighted by molar-refractivity contribution is -0.125. The van der Waals surface area contributed by atoms with Gasteiger partial charge in [0, 0.05) is 33.2 Å². The normalized spacial score (nSPS) is 15.6. The first-order valence-corrected chi connectivity index (χ1v) is 10.3. The molecule has 0 saturated heterocycles. The van der Waals surface area contributed by atoms with E-state index in [0.717, 1.165) is 21.3 Å². The summed E-state index contributed by atoms with van der Waals surface area (Å²) in [5.74, 6) is -0.321. The average Bonchev–Trinajstić information content (AvgIpc) is 3.31. The Hall–Kier alpha value is -2.71. The molecule has 3 aromatic rings. The molecule has 0 radical (unpaired) electrons. The van der Waals surface area contributed by atoms with Crippen molar-refractivity contribution in [3.05, 3.63) is 80.7 Å². The van der Waals surface area contributed by atoms with Crippen LogP contribution in [0.15, 0.2) is 58.2 Å². The number of benzene rings is 2. The molecule has 4 rings (SSSR count). The van der Waals surface area contributed by atoms with E-state index >= 15 is 0 Å². The van der Waals surface area contributed by atoms with Crippen LogP contribution in [0.4, 0.5) is 10.2 Å². The molecule has 0 saturated carbocycles. The number of carbonyl (C=O) groups is 1. The molecular weight excluding hydrogens is 475 g/mol. The van der Waals surface area contributed by atoms with Crippen LogP contribution in [-0.4, -0.2) is 27.5 Å². The van der Waals surface area contributed by atoms with E-state index in [9.17, 15) is 9.18 Å². The van der Waals surface area contributed by atoms with Crippen LogP contribution in [0.2, 0.25) is 5.02 Å². The number of halogens is 3. The van der Waals surface area contributed by atoms with Crippen LogP contribution < -0.4 is 5.32 Å². The number of carbonyl (C=O) groups excluding carboxylic acids is 1. The van der Waals surface area contributed by atoms with Crippen molar-refractivity contribution in [2.24, 2.45) is 5.16 Å². The molecule has 1 unspecified atom stereocenters. The Morgan fingerprint density at radius 3 is 2.93 bits per heavy atom. The first-order chi connectivity index (χ1) is 14.4. The maximum Gasteiger partial charge on any atom is 0.269 e. The Morgan fingerprint density at radius 2 is 2.17 bits per heavy atom. The summed E-state index contributed by atoms with van der Waals surface area (Å²) in [5, 5.41) is 11.5. The predicted octanol–water partition coefficient (Wildman–Crippen LogP) is 4.93. The third-order valence-corrected chi connectivity index (χ3v) is 5.53. The fourth-order valence-corrected chi connectivity index (χ4v) is 3.73. The van der Waals surface area contributed by atoms with Crippen molar-refractivity contribution in [2.75, 3.05) is 5.32 Å². The molecule has 0 bridgehead atoms. The van der Waals surface area contributed by atoms with E-state index in [0.29, 0.717) is 29.5 Å². The summed E-state index contributed by atoms with van der Waals surface area (Å²) >= 11 is 9.53. The highest BCUT2D eigenvalue weighted by atomic mass is 79.9. The molecule has 1 aliphatic rings. The third-order valence-electron chi connectivity index (χ3n) is 4.69. The van der Waals surface area contributed by atoms with Gasteiger partial charge in [0.05, 0.1) is 12.3 Å². The summed E-state index contributed by atoms with van der Waals surface area (Å²) in [5.41, 5.74) is 3.16. The van der Waals surface area contributed by atoms with Crippen LogP contribution in [-0.2, 0) is 16.2 Å². The van der Waals surface area contributed by atoms with Crippen molar-refractivity contribution in [3.63, 3.8) is 0 Å². The SMILES string of the molecule is Cc1cc(NC(=O)C2CC(c3cccc(Br)c3)=NO2)nn1Cc1ccc(F)cc1Cl. The van der Waals surface area contributed by atoms with E-state index in [4.69, 9.17) is 16.4 Å². The summed E-state index contributed by atoms with van der Waals surface area (Å²) in [6, 6.07) is 13.6. The predicted molar refractivity (Wildman–Crippen MR) is 116 cm³/mol. The summed E-state index contributed by atoms with van der Waals surface area (Å²) in [6.07, 6.45) is -0.358. The lowest BCUT2D eigenvalue weighted by Crippen LogP contribution is -2.28. The molecular formula is C21H17BrClFN4O2. The number of oxime groups is 1. The van der Waals surface area contributed by atoms with Gasteiger partial charge in [0.1, 0.15) is 5.82 Å². The smallest absolute Gasteiger partial charge is 0.269 e. The number of nitrogens with zero attached hydrogens (tertiary/aromatic N) is 3. The zero-order valence-corrected chi connectivity index (χ0v) is 18.2. The van der Waals surface area contributed by atoms with E-state index in [-0.39, 0.29) is 5.91 Å². The number of anilines is 1. The Bertz CT molecular complexity index is 1150. The van der Waals surface area contributed by atoms with Crippen molar-refractivity contribution in [1.29, 1.82) is 0 Å². The molecule has 154 valence electrons. The van der Waals surface area contributed by atoms with Crippen LogP contribution in [0.5, 0.6) is 0 Å². The summed E-state index contributed by atoms with van der Waals surface area (Å²) in [4.78, 5) is 17.9. The summed E-state index contributed by atoms with van der Waals surface area (Å²) < 4.78 is 15.9. The number of hydrogen-bond donors (Lipinski definition) is 1. The largest absolute Gasteiger partial charge is 0.382 e. The minimum atomic E-state index is -0.726. The highest BCUT2D eigenvalue weighted by Crippen LogP contribution is 2.22. The third kappa shape index (κ3) is 4.55. The lowest BCUT2D eigenvalue weighted by atomic mass is 10.0. The minimum Gasteiger partial charge on any atom is -0.382 e. The fraction of sp³-hybridized carbons (Fsp3) is 0.190. The topological polar surface area (TPSA) is 68.5 Å². The molecule has 0 aliphatic carbocycles. The first-order valence-electron chi connectivity index (χ1n) is 9.17.